The Hall–Kier alpha value is -3.37. The summed E-state index contributed by atoms with van der Waals surface area (Å²) < 4.78 is 42.6. The Morgan fingerprint density at radius 1 is 1.03 bits per heavy atom. The molecule has 4 aromatic rings. The Kier molecular flexibility index (Phi) is 6.66. The lowest BCUT2D eigenvalue weighted by Crippen LogP contribution is -2.20. The third kappa shape index (κ3) is 5.35. The fourth-order valence-corrected chi connectivity index (χ4v) is 4.90. The van der Waals surface area contributed by atoms with E-state index in [1.165, 1.54) is 42.5 Å². The van der Waals surface area contributed by atoms with Gasteiger partial charge in [0.05, 0.1) is 27.4 Å². The van der Waals surface area contributed by atoms with Crippen molar-refractivity contribution in [3.63, 3.8) is 0 Å². The average Bonchev–Trinajstić information content (AvgIpc) is 3.11. The van der Waals surface area contributed by atoms with Gasteiger partial charge in [0.1, 0.15) is 18.2 Å². The number of halogens is 1. The minimum Gasteiger partial charge on any atom is -0.325 e. The standard InChI is InChI=1S/C23H21FN4O3S2/c1-32-15-22-26-20-7-2-3-8-21(20)28(22)14-23(29)25-17-9-11-19(12-10-17)33(30,31)27-18-6-4-5-16(24)13-18/h2-13,27H,14-15H2,1H3,(H,25,29). The highest BCUT2D eigenvalue weighted by Crippen LogP contribution is 2.21. The SMILES string of the molecule is CSCc1nc2ccccc2n1CC(=O)Nc1ccc(S(=O)(=O)Nc2cccc(F)c2)cc1. The van der Waals surface area contributed by atoms with Crippen LogP contribution in [0.2, 0.25) is 0 Å². The number of aromatic nitrogens is 2. The smallest absolute Gasteiger partial charge is 0.261 e. The first kappa shape index (κ1) is 22.8. The van der Waals surface area contributed by atoms with Crippen molar-refractivity contribution in [3.05, 3.63) is 84.4 Å². The van der Waals surface area contributed by atoms with E-state index in [0.717, 1.165) is 22.9 Å². The second-order valence-corrected chi connectivity index (χ2v) is 9.77. The largest absolute Gasteiger partial charge is 0.325 e. The van der Waals surface area contributed by atoms with Crippen LogP contribution in [0, 0.1) is 5.82 Å². The van der Waals surface area contributed by atoms with Crippen LogP contribution in [0.15, 0.2) is 77.7 Å². The molecule has 33 heavy (non-hydrogen) atoms. The third-order valence-corrected chi connectivity index (χ3v) is 6.78. The van der Waals surface area contributed by atoms with Crippen LogP contribution in [0.1, 0.15) is 5.82 Å². The number of carbonyl (C=O) groups excluding carboxylic acids is 1. The molecule has 1 amide bonds. The lowest BCUT2D eigenvalue weighted by Gasteiger charge is -2.11. The van der Waals surface area contributed by atoms with E-state index >= 15 is 0 Å². The van der Waals surface area contributed by atoms with Gasteiger partial charge in [-0.05, 0) is 60.9 Å². The number of rotatable bonds is 8. The van der Waals surface area contributed by atoms with E-state index < -0.39 is 15.8 Å². The number of anilines is 2. The van der Waals surface area contributed by atoms with Crippen molar-refractivity contribution < 1.29 is 17.6 Å². The van der Waals surface area contributed by atoms with Crippen LogP contribution in [0.4, 0.5) is 15.8 Å². The average molecular weight is 485 g/mol. The number of benzene rings is 3. The maximum Gasteiger partial charge on any atom is 0.261 e. The van der Waals surface area contributed by atoms with Gasteiger partial charge in [-0.3, -0.25) is 9.52 Å². The molecule has 0 unspecified atom stereocenters. The van der Waals surface area contributed by atoms with Gasteiger partial charge in [-0.25, -0.2) is 17.8 Å². The monoisotopic (exact) mass is 484 g/mol. The first-order valence-electron chi connectivity index (χ1n) is 9.97. The summed E-state index contributed by atoms with van der Waals surface area (Å²) in [6.45, 7) is 0.0809. The molecular formula is C23H21FN4O3S2. The van der Waals surface area contributed by atoms with E-state index in [1.807, 2.05) is 35.1 Å². The molecule has 2 N–H and O–H groups in total. The van der Waals surface area contributed by atoms with E-state index in [4.69, 9.17) is 0 Å². The predicted molar refractivity (Wildman–Crippen MR) is 129 cm³/mol. The summed E-state index contributed by atoms with van der Waals surface area (Å²) >= 11 is 1.62. The van der Waals surface area contributed by atoms with Crippen molar-refractivity contribution in [3.8, 4) is 0 Å². The van der Waals surface area contributed by atoms with E-state index in [9.17, 15) is 17.6 Å². The number of hydrogen-bond donors (Lipinski definition) is 2. The molecule has 0 aliphatic carbocycles. The van der Waals surface area contributed by atoms with Crippen LogP contribution in [0.25, 0.3) is 11.0 Å². The minimum atomic E-state index is -3.90. The second kappa shape index (κ2) is 9.63. The Balaban J connectivity index is 1.47. The molecule has 0 saturated heterocycles. The molecule has 4 rings (SSSR count). The number of sulfonamides is 1. The van der Waals surface area contributed by atoms with Crippen LogP contribution in [0.3, 0.4) is 0 Å². The molecular weight excluding hydrogens is 463 g/mol. The van der Waals surface area contributed by atoms with Gasteiger partial charge >= 0.3 is 0 Å². The third-order valence-electron chi connectivity index (χ3n) is 4.83. The van der Waals surface area contributed by atoms with Gasteiger partial charge in [0.25, 0.3) is 10.0 Å². The van der Waals surface area contributed by atoms with Crippen molar-refractivity contribution in [1.29, 1.82) is 0 Å². The molecule has 0 aliphatic rings. The molecule has 10 heteroatoms. The van der Waals surface area contributed by atoms with Crippen LogP contribution in [0.5, 0.6) is 0 Å². The highest BCUT2D eigenvalue weighted by molar-refractivity contribution is 7.97. The molecule has 0 radical (unpaired) electrons. The second-order valence-electron chi connectivity index (χ2n) is 7.22. The topological polar surface area (TPSA) is 93.1 Å². The van der Waals surface area contributed by atoms with Crippen LogP contribution < -0.4 is 10.0 Å². The lowest BCUT2D eigenvalue weighted by atomic mass is 10.3. The summed E-state index contributed by atoms with van der Waals surface area (Å²) in [5, 5.41) is 2.79. The summed E-state index contributed by atoms with van der Waals surface area (Å²) in [7, 11) is -3.90. The van der Waals surface area contributed by atoms with Crippen molar-refractivity contribution in [2.45, 2.75) is 17.2 Å². The summed E-state index contributed by atoms with van der Waals surface area (Å²) in [5.41, 5.74) is 2.29. The quantitative estimate of drug-likeness (QED) is 0.385. The molecule has 0 aliphatic heterocycles. The van der Waals surface area contributed by atoms with E-state index in [2.05, 4.69) is 15.0 Å². The molecule has 3 aromatic carbocycles. The normalized spacial score (nSPS) is 11.5. The van der Waals surface area contributed by atoms with Crippen molar-refractivity contribution in [2.24, 2.45) is 0 Å². The number of thioether (sulfide) groups is 1. The van der Waals surface area contributed by atoms with Gasteiger partial charge in [-0.2, -0.15) is 11.8 Å². The Morgan fingerprint density at radius 3 is 2.52 bits per heavy atom. The van der Waals surface area contributed by atoms with Gasteiger partial charge in [0.2, 0.25) is 5.91 Å². The minimum absolute atomic E-state index is 0.00683. The fourth-order valence-electron chi connectivity index (χ4n) is 3.37. The summed E-state index contributed by atoms with van der Waals surface area (Å²) in [6.07, 6.45) is 1.97. The Morgan fingerprint density at radius 2 is 1.79 bits per heavy atom. The van der Waals surface area contributed by atoms with Crippen LogP contribution in [-0.2, 0) is 27.1 Å². The van der Waals surface area contributed by atoms with Gasteiger partial charge in [0, 0.05) is 5.69 Å². The highest BCUT2D eigenvalue weighted by atomic mass is 32.2. The Labute approximate surface area is 195 Å². The number of nitrogens with zero attached hydrogens (tertiary/aromatic N) is 2. The zero-order valence-electron chi connectivity index (χ0n) is 17.7. The fraction of sp³-hybridized carbons (Fsp3) is 0.130. The Bertz CT molecular complexity index is 1400. The molecule has 1 heterocycles. The maximum atomic E-state index is 13.3. The highest BCUT2D eigenvalue weighted by Gasteiger charge is 2.16. The van der Waals surface area contributed by atoms with Gasteiger partial charge in [-0.1, -0.05) is 18.2 Å². The number of carbonyl (C=O) groups is 1. The summed E-state index contributed by atoms with van der Waals surface area (Å²) in [6, 6.07) is 18.6. The first-order valence-corrected chi connectivity index (χ1v) is 12.8. The molecule has 0 saturated carbocycles. The van der Waals surface area contributed by atoms with Crippen LogP contribution >= 0.6 is 11.8 Å². The van der Waals surface area contributed by atoms with Gasteiger partial charge in [0.15, 0.2) is 0 Å². The predicted octanol–water partition coefficient (Wildman–Crippen LogP) is 4.48. The zero-order chi connectivity index (χ0) is 23.4. The molecule has 0 spiro atoms. The van der Waals surface area contributed by atoms with Crippen LogP contribution in [-0.4, -0.2) is 30.1 Å². The van der Waals surface area contributed by atoms with E-state index in [1.54, 1.807) is 11.8 Å². The summed E-state index contributed by atoms with van der Waals surface area (Å²) in [5.74, 6) is 0.685. The first-order chi connectivity index (χ1) is 15.9. The zero-order valence-corrected chi connectivity index (χ0v) is 19.3. The number of para-hydroxylation sites is 2. The van der Waals surface area contributed by atoms with E-state index in [0.29, 0.717) is 11.4 Å². The molecule has 0 fully saturated rings. The number of amides is 1. The number of fused-ring (bicyclic) bond motifs is 1. The molecule has 170 valence electrons. The maximum absolute atomic E-state index is 13.3. The van der Waals surface area contributed by atoms with Gasteiger partial charge < -0.3 is 9.88 Å². The summed E-state index contributed by atoms with van der Waals surface area (Å²) in [4.78, 5) is 17.3. The van der Waals surface area contributed by atoms with Crippen molar-refractivity contribution >= 4 is 50.1 Å². The molecule has 7 nitrogen and oxygen atoms in total. The van der Waals surface area contributed by atoms with Gasteiger partial charge in [-0.15, -0.1) is 0 Å². The number of imidazole rings is 1. The molecule has 0 bridgehead atoms. The lowest BCUT2D eigenvalue weighted by molar-refractivity contribution is -0.116. The number of nitrogens with one attached hydrogen (secondary N) is 2. The number of hydrogen-bond acceptors (Lipinski definition) is 5. The molecule has 0 atom stereocenters. The van der Waals surface area contributed by atoms with Crippen molar-refractivity contribution in [1.82, 2.24) is 9.55 Å². The molecule has 1 aromatic heterocycles. The van der Waals surface area contributed by atoms with E-state index in [-0.39, 0.29) is 23.0 Å². The van der Waals surface area contributed by atoms with Crippen molar-refractivity contribution in [2.75, 3.05) is 16.3 Å².